The number of anilines is 1. The highest BCUT2D eigenvalue weighted by atomic mass is 19.4. The Labute approximate surface area is 189 Å². The predicted octanol–water partition coefficient (Wildman–Crippen LogP) is 5.33. The summed E-state index contributed by atoms with van der Waals surface area (Å²) in [7, 11) is 0. The molecule has 0 saturated carbocycles. The summed E-state index contributed by atoms with van der Waals surface area (Å²) in [5.74, 6) is -2.62. The zero-order valence-electron chi connectivity index (χ0n) is 18.0. The number of amides is 2. The molecule has 1 saturated heterocycles. The molecule has 1 fully saturated rings. The summed E-state index contributed by atoms with van der Waals surface area (Å²) >= 11 is 0. The summed E-state index contributed by atoms with van der Waals surface area (Å²) in [5.41, 5.74) is -0.314. The van der Waals surface area contributed by atoms with Gasteiger partial charge in [0.1, 0.15) is 5.82 Å². The van der Waals surface area contributed by atoms with Gasteiger partial charge in [-0.1, -0.05) is 36.4 Å². The molecule has 33 heavy (non-hydrogen) atoms. The van der Waals surface area contributed by atoms with Crippen molar-refractivity contribution in [2.24, 2.45) is 17.8 Å². The van der Waals surface area contributed by atoms with Gasteiger partial charge in [-0.2, -0.15) is 13.2 Å². The Hall–Kier alpha value is -3.16. The average Bonchev–Trinajstić information content (AvgIpc) is 2.77. The van der Waals surface area contributed by atoms with Gasteiger partial charge in [-0.25, -0.2) is 4.39 Å². The van der Waals surface area contributed by atoms with Gasteiger partial charge in [0, 0.05) is 24.3 Å². The molecule has 1 aliphatic heterocycles. The molecule has 1 aliphatic carbocycles. The summed E-state index contributed by atoms with van der Waals surface area (Å²) in [6.07, 6.45) is 0.191. The molecule has 2 aromatic carbocycles. The highest BCUT2D eigenvalue weighted by molar-refractivity contribution is 5.97. The van der Waals surface area contributed by atoms with Crippen molar-refractivity contribution >= 4 is 17.5 Å². The van der Waals surface area contributed by atoms with Gasteiger partial charge >= 0.3 is 6.18 Å². The Morgan fingerprint density at radius 2 is 1.94 bits per heavy atom. The van der Waals surface area contributed by atoms with E-state index in [1.165, 1.54) is 25.1 Å². The summed E-state index contributed by atoms with van der Waals surface area (Å²) in [4.78, 5) is 28.0. The quantitative estimate of drug-likeness (QED) is 0.495. The summed E-state index contributed by atoms with van der Waals surface area (Å²) in [6, 6.07) is 9.88. The number of carbonyl (C=O) groups is 2. The number of nitrogens with zero attached hydrogens (tertiary/aromatic N) is 1. The first-order valence-corrected chi connectivity index (χ1v) is 10.8. The Morgan fingerprint density at radius 3 is 2.67 bits per heavy atom. The van der Waals surface area contributed by atoms with Crippen LogP contribution < -0.4 is 5.32 Å². The molecule has 1 N–H and O–H groups in total. The summed E-state index contributed by atoms with van der Waals surface area (Å²) in [5, 5.41) is 2.58. The minimum Gasteiger partial charge on any atom is -0.338 e. The number of benzene rings is 2. The van der Waals surface area contributed by atoms with Crippen molar-refractivity contribution in [3.63, 3.8) is 0 Å². The number of piperidine rings is 1. The molecular formula is C25H24F4N2O2. The lowest BCUT2D eigenvalue weighted by molar-refractivity contribution is -0.147. The first-order chi connectivity index (χ1) is 15.6. The van der Waals surface area contributed by atoms with Crippen molar-refractivity contribution in [3.8, 4) is 0 Å². The van der Waals surface area contributed by atoms with Crippen molar-refractivity contribution in [1.29, 1.82) is 0 Å². The fourth-order valence-electron chi connectivity index (χ4n) is 4.72. The third-order valence-corrected chi connectivity index (χ3v) is 6.46. The predicted molar refractivity (Wildman–Crippen MR) is 115 cm³/mol. The second kappa shape index (κ2) is 9.00. The van der Waals surface area contributed by atoms with Crippen LogP contribution in [0.2, 0.25) is 0 Å². The second-order valence-electron chi connectivity index (χ2n) is 8.62. The maximum atomic E-state index is 14.1. The normalized spacial score (nSPS) is 22.8. The Bertz CT molecular complexity index is 1100. The van der Waals surface area contributed by atoms with Crippen LogP contribution in [0.15, 0.2) is 54.6 Å². The van der Waals surface area contributed by atoms with Gasteiger partial charge in [-0.05, 0) is 49.4 Å². The number of alkyl halides is 3. The molecule has 8 heteroatoms. The van der Waals surface area contributed by atoms with E-state index in [4.69, 9.17) is 0 Å². The molecule has 2 aromatic rings. The molecule has 1 heterocycles. The van der Waals surface area contributed by atoms with Crippen LogP contribution in [0.25, 0.3) is 0 Å². The SMILES string of the molecule is Cc1ccc(NC(=O)[C@H]2CC=CC3CCN(Cc4ccccc4F)C(=O)C32)cc1C(F)(F)F. The third-order valence-electron chi connectivity index (χ3n) is 6.46. The van der Waals surface area contributed by atoms with Crippen LogP contribution in [0, 0.1) is 30.5 Å². The molecule has 0 spiro atoms. The molecule has 3 atom stereocenters. The maximum absolute atomic E-state index is 14.1. The fraction of sp³-hybridized carbons (Fsp3) is 0.360. The molecule has 2 unspecified atom stereocenters. The smallest absolute Gasteiger partial charge is 0.338 e. The lowest BCUT2D eigenvalue weighted by atomic mass is 9.71. The third kappa shape index (κ3) is 4.79. The summed E-state index contributed by atoms with van der Waals surface area (Å²) < 4.78 is 53.8. The summed E-state index contributed by atoms with van der Waals surface area (Å²) in [6.45, 7) is 1.91. The van der Waals surface area contributed by atoms with Crippen molar-refractivity contribution < 1.29 is 27.2 Å². The number of aryl methyl sites for hydroxylation is 1. The zero-order valence-corrected chi connectivity index (χ0v) is 18.0. The average molecular weight is 460 g/mol. The van der Waals surface area contributed by atoms with Crippen LogP contribution in [0.4, 0.5) is 23.2 Å². The van der Waals surface area contributed by atoms with E-state index in [1.807, 2.05) is 12.2 Å². The molecular weight excluding hydrogens is 436 g/mol. The zero-order chi connectivity index (χ0) is 23.8. The van der Waals surface area contributed by atoms with Crippen LogP contribution >= 0.6 is 0 Å². The first kappa shape index (κ1) is 23.0. The first-order valence-electron chi connectivity index (χ1n) is 10.8. The number of hydrogen-bond acceptors (Lipinski definition) is 2. The lowest BCUT2D eigenvalue weighted by Crippen LogP contribution is -2.50. The molecule has 4 rings (SSSR count). The largest absolute Gasteiger partial charge is 0.416 e. The topological polar surface area (TPSA) is 49.4 Å². The molecule has 0 aromatic heterocycles. The fourth-order valence-corrected chi connectivity index (χ4v) is 4.72. The minimum atomic E-state index is -4.53. The van der Waals surface area contributed by atoms with Gasteiger partial charge in [0.25, 0.3) is 0 Å². The highest BCUT2D eigenvalue weighted by Crippen LogP contribution is 2.39. The Balaban J connectivity index is 1.53. The Kier molecular flexibility index (Phi) is 6.28. The van der Waals surface area contributed by atoms with E-state index in [1.54, 1.807) is 23.1 Å². The Morgan fingerprint density at radius 1 is 1.18 bits per heavy atom. The molecule has 2 amide bonds. The minimum absolute atomic E-state index is 0.0375. The maximum Gasteiger partial charge on any atom is 0.416 e. The molecule has 0 bridgehead atoms. The van der Waals surface area contributed by atoms with Gasteiger partial charge in [0.2, 0.25) is 11.8 Å². The second-order valence-corrected chi connectivity index (χ2v) is 8.62. The number of likely N-dealkylation sites (tertiary alicyclic amines) is 1. The van der Waals surface area contributed by atoms with Gasteiger partial charge in [-0.3, -0.25) is 9.59 Å². The number of nitrogens with one attached hydrogen (secondary N) is 1. The van der Waals surface area contributed by atoms with Crippen molar-refractivity contribution in [1.82, 2.24) is 4.90 Å². The van der Waals surface area contributed by atoms with E-state index >= 15 is 0 Å². The van der Waals surface area contributed by atoms with E-state index in [2.05, 4.69) is 5.32 Å². The monoisotopic (exact) mass is 460 g/mol. The number of hydrogen-bond donors (Lipinski definition) is 1. The van der Waals surface area contributed by atoms with E-state index in [0.717, 1.165) is 6.07 Å². The van der Waals surface area contributed by atoms with Gasteiger partial charge in [0.15, 0.2) is 0 Å². The van der Waals surface area contributed by atoms with Crippen LogP contribution in [-0.4, -0.2) is 23.3 Å². The molecule has 174 valence electrons. The molecule has 2 aliphatic rings. The number of halogens is 4. The lowest BCUT2D eigenvalue weighted by Gasteiger charge is -2.41. The van der Waals surface area contributed by atoms with Crippen LogP contribution in [-0.2, 0) is 22.3 Å². The number of fused-ring (bicyclic) bond motifs is 1. The number of allylic oxidation sites excluding steroid dienone is 2. The van der Waals surface area contributed by atoms with Gasteiger partial charge in [-0.15, -0.1) is 0 Å². The van der Waals surface area contributed by atoms with Crippen LogP contribution in [0.5, 0.6) is 0 Å². The van der Waals surface area contributed by atoms with E-state index in [0.29, 0.717) is 24.9 Å². The molecule has 0 radical (unpaired) electrons. The standard InChI is InChI=1S/C25H24F4N2O2/c1-15-9-10-18(13-20(15)25(27,28)29)30-23(32)19-7-4-6-16-11-12-31(24(33)22(16)19)14-17-5-2-3-8-21(17)26/h2-6,8-10,13,16,19,22H,7,11-12,14H2,1H3,(H,30,32)/t16?,19-,22?/m0/s1. The van der Waals surface area contributed by atoms with E-state index < -0.39 is 35.3 Å². The molecule has 4 nitrogen and oxygen atoms in total. The highest BCUT2D eigenvalue weighted by Gasteiger charge is 2.44. The van der Waals surface area contributed by atoms with Gasteiger partial charge in [0.05, 0.1) is 17.4 Å². The van der Waals surface area contributed by atoms with Crippen LogP contribution in [0.3, 0.4) is 0 Å². The van der Waals surface area contributed by atoms with Crippen molar-refractivity contribution in [3.05, 3.63) is 77.1 Å². The van der Waals surface area contributed by atoms with Crippen molar-refractivity contribution in [2.75, 3.05) is 11.9 Å². The van der Waals surface area contributed by atoms with E-state index in [9.17, 15) is 27.2 Å². The number of rotatable bonds is 4. The van der Waals surface area contributed by atoms with Crippen molar-refractivity contribution in [2.45, 2.75) is 32.5 Å². The van der Waals surface area contributed by atoms with Crippen LogP contribution in [0.1, 0.15) is 29.5 Å². The van der Waals surface area contributed by atoms with E-state index in [-0.39, 0.29) is 29.6 Å². The number of carbonyl (C=O) groups excluding carboxylic acids is 2. The van der Waals surface area contributed by atoms with Gasteiger partial charge < -0.3 is 10.2 Å².